The highest BCUT2D eigenvalue weighted by Crippen LogP contribution is 2.37. The molecule has 0 aliphatic rings. The quantitative estimate of drug-likeness (QED) is 0.310. The van der Waals surface area contributed by atoms with E-state index in [0.29, 0.717) is 34.3 Å². The molecule has 7 heteroatoms. The van der Waals surface area contributed by atoms with Gasteiger partial charge < -0.3 is 19.9 Å². The molecule has 7 nitrogen and oxygen atoms in total. The highest BCUT2D eigenvalue weighted by molar-refractivity contribution is 5.81. The predicted octanol–water partition coefficient (Wildman–Crippen LogP) is 6.36. The summed E-state index contributed by atoms with van der Waals surface area (Å²) in [5, 5.41) is 12.8. The number of rotatable bonds is 8. The predicted molar refractivity (Wildman–Crippen MR) is 136 cm³/mol. The topological polar surface area (TPSA) is 93.6 Å². The lowest BCUT2D eigenvalue weighted by Gasteiger charge is -2.20. The van der Waals surface area contributed by atoms with Crippen molar-refractivity contribution < 1.29 is 19.4 Å². The van der Waals surface area contributed by atoms with Gasteiger partial charge >= 0.3 is 5.97 Å². The van der Waals surface area contributed by atoms with Crippen LogP contribution in [0.3, 0.4) is 0 Å². The van der Waals surface area contributed by atoms with Crippen LogP contribution >= 0.6 is 0 Å². The maximum absolute atomic E-state index is 11.6. The summed E-state index contributed by atoms with van der Waals surface area (Å²) >= 11 is 0. The number of carbonyl (C=O) groups is 1. The smallest absolute Gasteiger partial charge is 0.313 e. The summed E-state index contributed by atoms with van der Waals surface area (Å²) < 4.78 is 11.8. The van der Waals surface area contributed by atoms with Crippen molar-refractivity contribution >= 4 is 17.5 Å². The van der Waals surface area contributed by atoms with Crippen LogP contribution in [0.5, 0.6) is 17.2 Å². The van der Waals surface area contributed by atoms with E-state index >= 15 is 0 Å². The van der Waals surface area contributed by atoms with Crippen LogP contribution in [0, 0.1) is 6.92 Å². The van der Waals surface area contributed by atoms with Crippen LogP contribution in [0.4, 0.5) is 11.5 Å². The largest absolute Gasteiger partial charge is 0.496 e. The molecule has 0 bridgehead atoms. The first-order valence-electron chi connectivity index (χ1n) is 11.1. The maximum atomic E-state index is 11.6. The molecule has 0 amide bonds. The van der Waals surface area contributed by atoms with Crippen LogP contribution in [-0.4, -0.2) is 28.2 Å². The second-order valence-electron chi connectivity index (χ2n) is 8.61. The summed E-state index contributed by atoms with van der Waals surface area (Å²) in [5.41, 5.74) is 2.78. The fourth-order valence-corrected chi connectivity index (χ4v) is 3.59. The van der Waals surface area contributed by atoms with Crippen molar-refractivity contribution in [3.63, 3.8) is 0 Å². The van der Waals surface area contributed by atoms with Crippen molar-refractivity contribution in [3.05, 3.63) is 90.3 Å². The Hall–Kier alpha value is -4.39. The van der Waals surface area contributed by atoms with Crippen molar-refractivity contribution in [1.82, 2.24) is 9.97 Å². The molecule has 0 saturated carbocycles. The molecule has 35 heavy (non-hydrogen) atoms. The Labute approximate surface area is 204 Å². The van der Waals surface area contributed by atoms with Gasteiger partial charge in [0.05, 0.1) is 12.5 Å². The van der Waals surface area contributed by atoms with Crippen LogP contribution in [0.1, 0.15) is 25.1 Å². The van der Waals surface area contributed by atoms with Crippen molar-refractivity contribution in [2.75, 3.05) is 12.4 Å². The number of hydrogen-bond acceptors (Lipinski definition) is 6. The Morgan fingerprint density at radius 2 is 1.77 bits per heavy atom. The molecule has 2 N–H and O–H groups in total. The Kier molecular flexibility index (Phi) is 6.68. The minimum atomic E-state index is -1.01. The van der Waals surface area contributed by atoms with Gasteiger partial charge in [-0.15, -0.1) is 0 Å². The summed E-state index contributed by atoms with van der Waals surface area (Å²) in [4.78, 5) is 20.7. The summed E-state index contributed by atoms with van der Waals surface area (Å²) in [6.07, 6.45) is 1.65. The number of nitrogens with zero attached hydrogens (tertiary/aromatic N) is 2. The molecule has 2 aromatic carbocycles. The summed E-state index contributed by atoms with van der Waals surface area (Å²) in [6.45, 7) is 5.28. The molecule has 2 heterocycles. The molecule has 0 atom stereocenters. The van der Waals surface area contributed by atoms with Gasteiger partial charge in [0.25, 0.3) is 0 Å². The number of nitrogens with one attached hydrogen (secondary N) is 1. The average molecular weight is 470 g/mol. The lowest BCUT2D eigenvalue weighted by Crippen LogP contribution is -2.28. The molecule has 2 aromatic heterocycles. The fourth-order valence-electron chi connectivity index (χ4n) is 3.59. The number of anilines is 2. The number of benzene rings is 2. The number of methoxy groups -OCH3 is 1. The number of ether oxygens (including phenoxy) is 2. The second kappa shape index (κ2) is 9.85. The first-order chi connectivity index (χ1) is 16.8. The standard InChI is InChI=1S/C28H27N3O4/c1-18-12-13-24(26(30-18)22-10-5-6-11-23(22)34-4)35-21-14-15-29-25(17-21)31-20-9-7-8-19(16-20)28(2,3)27(32)33/h5-17H,1-4H3,(H,29,31)(H,32,33). The highest BCUT2D eigenvalue weighted by Gasteiger charge is 2.29. The Bertz CT molecular complexity index is 1370. The van der Waals surface area contributed by atoms with Crippen molar-refractivity contribution in [3.8, 4) is 28.5 Å². The minimum Gasteiger partial charge on any atom is -0.496 e. The van der Waals surface area contributed by atoms with Crippen molar-refractivity contribution in [2.24, 2.45) is 0 Å². The van der Waals surface area contributed by atoms with E-state index in [1.165, 1.54) is 0 Å². The fraction of sp³-hybridized carbons (Fsp3) is 0.179. The van der Waals surface area contributed by atoms with Crippen molar-refractivity contribution in [1.29, 1.82) is 0 Å². The minimum absolute atomic E-state index is 0.562. The van der Waals surface area contributed by atoms with Gasteiger partial charge in [-0.25, -0.2) is 9.97 Å². The molecular weight excluding hydrogens is 442 g/mol. The summed E-state index contributed by atoms with van der Waals surface area (Å²) in [6, 6.07) is 22.3. The number of aromatic nitrogens is 2. The highest BCUT2D eigenvalue weighted by atomic mass is 16.5. The second-order valence-corrected chi connectivity index (χ2v) is 8.61. The van der Waals surface area contributed by atoms with Gasteiger partial charge in [0.15, 0.2) is 5.75 Å². The van der Waals surface area contributed by atoms with E-state index in [1.54, 1.807) is 45.4 Å². The van der Waals surface area contributed by atoms with Crippen molar-refractivity contribution in [2.45, 2.75) is 26.2 Å². The monoisotopic (exact) mass is 469 g/mol. The summed E-state index contributed by atoms with van der Waals surface area (Å²) in [5.74, 6) is 1.54. The molecule has 0 aliphatic carbocycles. The molecule has 0 spiro atoms. The zero-order chi connectivity index (χ0) is 25.0. The molecule has 178 valence electrons. The molecule has 0 fully saturated rings. The summed E-state index contributed by atoms with van der Waals surface area (Å²) in [7, 11) is 1.63. The Morgan fingerprint density at radius 3 is 2.54 bits per heavy atom. The molecule has 4 aromatic rings. The number of hydrogen-bond donors (Lipinski definition) is 2. The van der Waals surface area contributed by atoms with E-state index in [2.05, 4.69) is 10.3 Å². The molecule has 0 radical (unpaired) electrons. The van der Waals surface area contributed by atoms with Crippen LogP contribution in [0.2, 0.25) is 0 Å². The van der Waals surface area contributed by atoms with Gasteiger partial charge in [0.1, 0.15) is 23.0 Å². The number of aliphatic carboxylic acids is 1. The number of carboxylic acids is 1. The lowest BCUT2D eigenvalue weighted by atomic mass is 9.84. The number of para-hydroxylation sites is 1. The first-order valence-corrected chi connectivity index (χ1v) is 11.1. The molecule has 4 rings (SSSR count). The SMILES string of the molecule is COc1ccccc1-c1nc(C)ccc1Oc1ccnc(Nc2cccc(C(C)(C)C(=O)O)c2)c1. The maximum Gasteiger partial charge on any atom is 0.313 e. The molecule has 0 unspecified atom stereocenters. The van der Waals surface area contributed by atoms with Gasteiger partial charge in [-0.3, -0.25) is 4.79 Å². The third kappa shape index (κ3) is 5.24. The number of aryl methyl sites for hydroxylation is 1. The van der Waals surface area contributed by atoms with Gasteiger partial charge in [-0.05, 0) is 68.8 Å². The average Bonchev–Trinajstić information content (AvgIpc) is 2.85. The zero-order valence-electron chi connectivity index (χ0n) is 20.1. The van der Waals surface area contributed by atoms with Gasteiger partial charge in [0, 0.05) is 29.2 Å². The lowest BCUT2D eigenvalue weighted by molar-refractivity contribution is -0.142. The van der Waals surface area contributed by atoms with E-state index in [9.17, 15) is 9.90 Å². The normalized spacial score (nSPS) is 11.1. The van der Waals surface area contributed by atoms with Crippen LogP contribution in [0.15, 0.2) is 79.0 Å². The van der Waals surface area contributed by atoms with Gasteiger partial charge in [0.2, 0.25) is 0 Å². The third-order valence-electron chi connectivity index (χ3n) is 5.71. The van der Waals surface area contributed by atoms with Crippen LogP contribution < -0.4 is 14.8 Å². The van der Waals surface area contributed by atoms with Crippen LogP contribution in [0.25, 0.3) is 11.3 Å². The molecule has 0 saturated heterocycles. The van der Waals surface area contributed by atoms with E-state index in [-0.39, 0.29) is 0 Å². The first kappa shape index (κ1) is 23.8. The third-order valence-corrected chi connectivity index (χ3v) is 5.71. The number of carboxylic acid groups (broad SMARTS) is 1. The Balaban J connectivity index is 1.62. The zero-order valence-corrected chi connectivity index (χ0v) is 20.1. The Morgan fingerprint density at radius 1 is 0.971 bits per heavy atom. The van der Waals surface area contributed by atoms with Gasteiger partial charge in [-0.2, -0.15) is 0 Å². The molecular formula is C28H27N3O4. The van der Waals surface area contributed by atoms with E-state index in [1.807, 2.05) is 61.5 Å². The van der Waals surface area contributed by atoms with Gasteiger partial charge in [-0.1, -0.05) is 24.3 Å². The van der Waals surface area contributed by atoms with E-state index in [0.717, 1.165) is 16.9 Å². The number of pyridine rings is 2. The van der Waals surface area contributed by atoms with Crippen LogP contribution in [-0.2, 0) is 10.2 Å². The van der Waals surface area contributed by atoms with E-state index < -0.39 is 11.4 Å². The van der Waals surface area contributed by atoms with E-state index in [4.69, 9.17) is 14.5 Å². The molecule has 0 aliphatic heterocycles.